The van der Waals surface area contributed by atoms with E-state index in [9.17, 15) is 4.79 Å². The molecule has 0 amide bonds. The summed E-state index contributed by atoms with van der Waals surface area (Å²) in [4.78, 5) is 16.6. The summed E-state index contributed by atoms with van der Waals surface area (Å²) in [6.07, 6.45) is 0. The highest BCUT2D eigenvalue weighted by molar-refractivity contribution is 5.94. The largest absolute Gasteiger partial charge is 0.497 e. The second-order valence-corrected chi connectivity index (χ2v) is 5.01. The third-order valence-corrected chi connectivity index (χ3v) is 3.47. The number of rotatable bonds is 5. The van der Waals surface area contributed by atoms with Gasteiger partial charge < -0.3 is 13.9 Å². The van der Waals surface area contributed by atoms with E-state index in [0.29, 0.717) is 11.7 Å². The maximum atomic E-state index is 12.2. The molecule has 1 heterocycles. The fourth-order valence-electron chi connectivity index (χ4n) is 2.30. The van der Waals surface area contributed by atoms with E-state index in [1.165, 1.54) is 0 Å². The Bertz CT molecular complexity index is 822. The fraction of sp³-hybridized carbons (Fsp3) is 0.158. The number of benzene rings is 2. The van der Waals surface area contributed by atoms with Crippen LogP contribution in [0.3, 0.4) is 0 Å². The molecule has 0 radical (unpaired) electrons. The molecule has 122 valence electrons. The fourth-order valence-corrected chi connectivity index (χ4v) is 2.30. The number of hydrogen-bond donors (Lipinski definition) is 0. The quantitative estimate of drug-likeness (QED) is 0.659. The van der Waals surface area contributed by atoms with Crippen molar-refractivity contribution in [3.63, 3.8) is 0 Å². The predicted molar refractivity (Wildman–Crippen MR) is 89.9 cm³/mol. The molecule has 0 bridgehead atoms. The van der Waals surface area contributed by atoms with Gasteiger partial charge in [-0.15, -0.1) is 0 Å². The monoisotopic (exact) mass is 323 g/mol. The van der Waals surface area contributed by atoms with E-state index in [4.69, 9.17) is 13.9 Å². The average molecular weight is 323 g/mol. The van der Waals surface area contributed by atoms with Gasteiger partial charge in [-0.05, 0) is 31.2 Å². The molecule has 24 heavy (non-hydrogen) atoms. The van der Waals surface area contributed by atoms with Gasteiger partial charge in [0.1, 0.15) is 5.75 Å². The molecule has 1 aromatic heterocycles. The van der Waals surface area contributed by atoms with Gasteiger partial charge in [0, 0.05) is 11.1 Å². The van der Waals surface area contributed by atoms with Gasteiger partial charge in [0.2, 0.25) is 5.89 Å². The Balaban J connectivity index is 2.06. The minimum atomic E-state index is -0.500. The van der Waals surface area contributed by atoms with Crippen LogP contribution in [0.15, 0.2) is 59.0 Å². The second kappa shape index (κ2) is 7.00. The van der Waals surface area contributed by atoms with Crippen LogP contribution in [-0.4, -0.2) is 24.7 Å². The molecule has 0 N–H and O–H groups in total. The van der Waals surface area contributed by atoms with Crippen LogP contribution in [0, 0.1) is 0 Å². The standard InChI is InChI=1S/C19H17NO4/c1-3-23-19(21)16-17(13-7-5-4-6-8-13)24-18(20-16)14-9-11-15(22-2)12-10-14/h4-12H,3H2,1-2H3. The van der Waals surface area contributed by atoms with Crippen LogP contribution in [-0.2, 0) is 4.74 Å². The van der Waals surface area contributed by atoms with Crippen molar-refractivity contribution in [1.82, 2.24) is 4.98 Å². The van der Waals surface area contributed by atoms with Crippen LogP contribution in [0.25, 0.3) is 22.8 Å². The van der Waals surface area contributed by atoms with Crippen LogP contribution in [0.1, 0.15) is 17.4 Å². The normalized spacial score (nSPS) is 10.4. The predicted octanol–water partition coefficient (Wildman–Crippen LogP) is 4.19. The zero-order valence-corrected chi connectivity index (χ0v) is 13.5. The summed E-state index contributed by atoms with van der Waals surface area (Å²) in [6, 6.07) is 16.6. The Morgan fingerprint density at radius 1 is 1.04 bits per heavy atom. The molecule has 3 rings (SSSR count). The van der Waals surface area contributed by atoms with E-state index in [0.717, 1.165) is 16.9 Å². The highest BCUT2D eigenvalue weighted by Gasteiger charge is 2.23. The van der Waals surface area contributed by atoms with Crippen molar-refractivity contribution in [2.45, 2.75) is 6.92 Å². The summed E-state index contributed by atoms with van der Waals surface area (Å²) in [6.45, 7) is 2.03. The molecule has 0 aliphatic carbocycles. The van der Waals surface area contributed by atoms with E-state index in [1.54, 1.807) is 14.0 Å². The Labute approximate surface area is 139 Å². The lowest BCUT2D eigenvalue weighted by Crippen LogP contribution is -2.06. The molecule has 2 aromatic carbocycles. The van der Waals surface area contributed by atoms with Crippen LogP contribution in [0.4, 0.5) is 0 Å². The van der Waals surface area contributed by atoms with E-state index >= 15 is 0 Å². The van der Waals surface area contributed by atoms with Crippen molar-refractivity contribution in [3.8, 4) is 28.5 Å². The number of esters is 1. The maximum absolute atomic E-state index is 12.2. The third-order valence-electron chi connectivity index (χ3n) is 3.47. The SMILES string of the molecule is CCOC(=O)c1nc(-c2ccc(OC)cc2)oc1-c1ccccc1. The molecule has 3 aromatic rings. The maximum Gasteiger partial charge on any atom is 0.361 e. The first-order valence-electron chi connectivity index (χ1n) is 7.60. The lowest BCUT2D eigenvalue weighted by atomic mass is 10.1. The van der Waals surface area contributed by atoms with Gasteiger partial charge in [0.25, 0.3) is 0 Å². The van der Waals surface area contributed by atoms with Gasteiger partial charge in [0.15, 0.2) is 11.5 Å². The summed E-state index contributed by atoms with van der Waals surface area (Å²) < 4.78 is 16.1. The number of oxazole rings is 1. The topological polar surface area (TPSA) is 61.6 Å². The zero-order chi connectivity index (χ0) is 16.9. The minimum Gasteiger partial charge on any atom is -0.497 e. The molecule has 5 nitrogen and oxygen atoms in total. The number of methoxy groups -OCH3 is 1. The Morgan fingerprint density at radius 3 is 2.38 bits per heavy atom. The summed E-state index contributed by atoms with van der Waals surface area (Å²) in [5.41, 5.74) is 1.70. The molecule has 0 fully saturated rings. The lowest BCUT2D eigenvalue weighted by molar-refractivity contribution is 0.0520. The molecule has 0 unspecified atom stereocenters. The van der Waals surface area contributed by atoms with Crippen molar-refractivity contribution in [3.05, 3.63) is 60.3 Å². The van der Waals surface area contributed by atoms with Crippen molar-refractivity contribution in [2.24, 2.45) is 0 Å². The van der Waals surface area contributed by atoms with Gasteiger partial charge in [-0.1, -0.05) is 30.3 Å². The summed E-state index contributed by atoms with van der Waals surface area (Å²) in [7, 11) is 1.60. The highest BCUT2D eigenvalue weighted by atomic mass is 16.5. The smallest absolute Gasteiger partial charge is 0.361 e. The number of carbonyl (C=O) groups is 1. The lowest BCUT2D eigenvalue weighted by Gasteiger charge is -2.00. The first kappa shape index (κ1) is 15.8. The number of nitrogens with zero attached hydrogens (tertiary/aromatic N) is 1. The molecule has 0 aliphatic rings. The number of ether oxygens (including phenoxy) is 2. The first-order valence-corrected chi connectivity index (χ1v) is 7.60. The van der Waals surface area contributed by atoms with Gasteiger partial charge in [0.05, 0.1) is 13.7 Å². The number of hydrogen-bond acceptors (Lipinski definition) is 5. The molecule has 5 heteroatoms. The molecule has 0 spiro atoms. The zero-order valence-electron chi connectivity index (χ0n) is 13.5. The molecular weight excluding hydrogens is 306 g/mol. The molecule has 0 atom stereocenters. The summed E-state index contributed by atoms with van der Waals surface area (Å²) in [5, 5.41) is 0. The van der Waals surface area contributed by atoms with Gasteiger partial charge in [-0.3, -0.25) is 0 Å². The van der Waals surface area contributed by atoms with Crippen LogP contribution >= 0.6 is 0 Å². The highest BCUT2D eigenvalue weighted by Crippen LogP contribution is 2.31. The van der Waals surface area contributed by atoms with Crippen LogP contribution in [0.5, 0.6) is 5.75 Å². The van der Waals surface area contributed by atoms with E-state index < -0.39 is 5.97 Å². The summed E-state index contributed by atoms with van der Waals surface area (Å²) >= 11 is 0. The van der Waals surface area contributed by atoms with Crippen molar-refractivity contribution >= 4 is 5.97 Å². The first-order chi connectivity index (χ1) is 11.7. The van der Waals surface area contributed by atoms with E-state index in [2.05, 4.69) is 4.98 Å². The van der Waals surface area contributed by atoms with Crippen molar-refractivity contribution < 1.29 is 18.7 Å². The van der Waals surface area contributed by atoms with Gasteiger partial charge in [-0.25, -0.2) is 9.78 Å². The second-order valence-electron chi connectivity index (χ2n) is 5.01. The Morgan fingerprint density at radius 2 is 1.75 bits per heavy atom. The van der Waals surface area contributed by atoms with Crippen LogP contribution in [0.2, 0.25) is 0 Å². The number of carbonyl (C=O) groups excluding carboxylic acids is 1. The van der Waals surface area contributed by atoms with Gasteiger partial charge in [-0.2, -0.15) is 0 Å². The minimum absolute atomic E-state index is 0.175. The molecule has 0 saturated carbocycles. The van der Waals surface area contributed by atoms with E-state index in [1.807, 2.05) is 54.6 Å². The molecule has 0 saturated heterocycles. The molecular formula is C19H17NO4. The van der Waals surface area contributed by atoms with Crippen molar-refractivity contribution in [1.29, 1.82) is 0 Å². The van der Waals surface area contributed by atoms with Gasteiger partial charge >= 0.3 is 5.97 Å². The van der Waals surface area contributed by atoms with Crippen LogP contribution < -0.4 is 4.74 Å². The molecule has 0 aliphatic heterocycles. The average Bonchev–Trinajstić information content (AvgIpc) is 3.08. The Hall–Kier alpha value is -3.08. The summed E-state index contributed by atoms with van der Waals surface area (Å²) in [5.74, 6) is 0.999. The number of aromatic nitrogens is 1. The Kier molecular flexibility index (Phi) is 4.61. The third kappa shape index (κ3) is 3.15. The van der Waals surface area contributed by atoms with E-state index in [-0.39, 0.29) is 12.3 Å². The van der Waals surface area contributed by atoms with Crippen molar-refractivity contribution in [2.75, 3.05) is 13.7 Å².